The number of hydrogen-bond donors (Lipinski definition) is 2. The number of fused-ring (bicyclic) bond motifs is 2. The molecule has 1 saturated heterocycles. The summed E-state index contributed by atoms with van der Waals surface area (Å²) in [5.41, 5.74) is 1.36. The molecule has 0 aliphatic carbocycles. The van der Waals surface area contributed by atoms with Gasteiger partial charge in [0.2, 0.25) is 0 Å². The lowest BCUT2D eigenvalue weighted by molar-refractivity contribution is -0.138. The Bertz CT molecular complexity index is 1930. The monoisotopic (exact) mass is 672 g/mol. The number of nitrogens with one attached hydrogen (secondary N) is 1. The number of likely N-dealkylation sites (tertiary alicyclic amines) is 1. The highest BCUT2D eigenvalue weighted by Gasteiger charge is 2.45. The van der Waals surface area contributed by atoms with E-state index in [1.54, 1.807) is 28.3 Å². The van der Waals surface area contributed by atoms with Crippen LogP contribution < -0.4 is 5.32 Å². The fourth-order valence-electron chi connectivity index (χ4n) is 6.49. The summed E-state index contributed by atoms with van der Waals surface area (Å²) in [6.45, 7) is 2.63. The van der Waals surface area contributed by atoms with Crippen LogP contribution in [0.5, 0.6) is 0 Å². The standard InChI is InChI=1S/C35H31F3N6O3S/c36-35(37,38)28-17-25(8-5-22-3-6-23(7-4-22)18-42-13-9-24(20-45)10-14-42)16-26-27(28)19-44(33(26)47)31(32(46)41-34-39-11-15-48-34)30-29-2-1-12-43(29)21-40-30/h1-4,6-7,11-12,15-17,24,31,45H,9-10,13-14,18-21H2,(H,39,41,46)/t31-/m1/s1. The summed E-state index contributed by atoms with van der Waals surface area (Å²) >= 11 is 1.18. The number of carbonyl (C=O) groups is 2. The Morgan fingerprint density at radius 3 is 2.58 bits per heavy atom. The normalized spacial score (nSPS) is 17.0. The van der Waals surface area contributed by atoms with Crippen LogP contribution in [0.2, 0.25) is 0 Å². The molecule has 246 valence electrons. The van der Waals surface area contributed by atoms with Gasteiger partial charge in [-0.15, -0.1) is 11.3 Å². The minimum absolute atomic E-state index is 0.0444. The summed E-state index contributed by atoms with van der Waals surface area (Å²) in [6.07, 6.45) is 0.463. The van der Waals surface area contributed by atoms with E-state index in [9.17, 15) is 27.9 Å². The first-order chi connectivity index (χ1) is 23.2. The number of nitrogens with zero attached hydrogens (tertiary/aromatic N) is 5. The van der Waals surface area contributed by atoms with Gasteiger partial charge in [-0.05, 0) is 79.4 Å². The first-order valence-corrected chi connectivity index (χ1v) is 16.5. The molecule has 0 spiro atoms. The highest BCUT2D eigenvalue weighted by molar-refractivity contribution is 7.13. The Hall–Kier alpha value is -4.77. The second kappa shape index (κ2) is 13.0. The van der Waals surface area contributed by atoms with Crippen molar-refractivity contribution in [1.29, 1.82) is 0 Å². The third-order valence-corrected chi connectivity index (χ3v) is 9.71. The molecule has 0 unspecified atom stereocenters. The van der Waals surface area contributed by atoms with E-state index in [0.29, 0.717) is 28.0 Å². The Morgan fingerprint density at radius 2 is 1.88 bits per heavy atom. The molecular formula is C35H31F3N6O3S. The van der Waals surface area contributed by atoms with Crippen LogP contribution in [0.3, 0.4) is 0 Å². The van der Waals surface area contributed by atoms with Crippen molar-refractivity contribution in [2.75, 3.05) is 25.0 Å². The second-order valence-electron chi connectivity index (χ2n) is 12.1. The van der Waals surface area contributed by atoms with Crippen molar-refractivity contribution < 1.29 is 27.9 Å². The van der Waals surface area contributed by atoms with Crippen molar-refractivity contribution in [2.24, 2.45) is 10.9 Å². The zero-order chi connectivity index (χ0) is 33.4. The summed E-state index contributed by atoms with van der Waals surface area (Å²) in [5, 5.41) is 14.0. The fraction of sp³-hybridized carbons (Fsp3) is 0.314. The lowest BCUT2D eigenvalue weighted by atomic mass is 9.97. The van der Waals surface area contributed by atoms with Crippen molar-refractivity contribution >= 4 is 34.0 Å². The topological polar surface area (TPSA) is 103 Å². The number of amides is 2. The first-order valence-electron chi connectivity index (χ1n) is 15.6. The second-order valence-corrected chi connectivity index (χ2v) is 13.0. The average Bonchev–Trinajstić information content (AvgIpc) is 3.88. The van der Waals surface area contributed by atoms with Crippen LogP contribution in [-0.4, -0.2) is 67.7 Å². The van der Waals surface area contributed by atoms with E-state index in [2.05, 4.69) is 32.0 Å². The maximum absolute atomic E-state index is 14.5. The smallest absolute Gasteiger partial charge is 0.396 e. The number of anilines is 1. The fourth-order valence-corrected chi connectivity index (χ4v) is 7.02. The lowest BCUT2D eigenvalue weighted by Gasteiger charge is -2.31. The molecule has 13 heteroatoms. The molecule has 3 aliphatic rings. The average molecular weight is 673 g/mol. The molecule has 48 heavy (non-hydrogen) atoms. The van der Waals surface area contributed by atoms with E-state index in [4.69, 9.17) is 0 Å². The van der Waals surface area contributed by atoms with E-state index in [1.165, 1.54) is 23.6 Å². The minimum Gasteiger partial charge on any atom is -0.396 e. The number of thiazole rings is 1. The highest BCUT2D eigenvalue weighted by Crippen LogP contribution is 2.39. The summed E-state index contributed by atoms with van der Waals surface area (Å²) < 4.78 is 45.2. The zero-order valence-electron chi connectivity index (χ0n) is 25.7. The van der Waals surface area contributed by atoms with Crippen molar-refractivity contribution in [1.82, 2.24) is 19.4 Å². The molecule has 4 aromatic rings. The molecule has 3 aliphatic heterocycles. The van der Waals surface area contributed by atoms with Crippen LogP contribution in [0, 0.1) is 17.8 Å². The van der Waals surface area contributed by atoms with E-state index in [-0.39, 0.29) is 30.0 Å². The largest absolute Gasteiger partial charge is 0.416 e. The molecule has 2 aromatic carbocycles. The number of alkyl halides is 3. The molecule has 2 N–H and O–H groups in total. The first kappa shape index (κ1) is 31.8. The molecule has 2 aromatic heterocycles. The molecule has 7 rings (SSSR count). The zero-order valence-corrected chi connectivity index (χ0v) is 26.5. The molecule has 0 radical (unpaired) electrons. The summed E-state index contributed by atoms with van der Waals surface area (Å²) in [5.74, 6) is 4.80. The number of carbonyl (C=O) groups excluding carboxylic acids is 2. The van der Waals surface area contributed by atoms with Gasteiger partial charge in [-0.25, -0.2) is 4.98 Å². The minimum atomic E-state index is -4.76. The molecule has 9 nitrogen and oxygen atoms in total. The van der Waals surface area contributed by atoms with Gasteiger partial charge in [0.25, 0.3) is 11.8 Å². The third kappa shape index (κ3) is 6.38. The Labute approximate surface area is 278 Å². The van der Waals surface area contributed by atoms with Crippen LogP contribution in [0.15, 0.2) is 71.3 Å². The van der Waals surface area contributed by atoms with Crippen LogP contribution in [0.4, 0.5) is 18.3 Å². The van der Waals surface area contributed by atoms with Crippen LogP contribution in [0.1, 0.15) is 56.7 Å². The van der Waals surface area contributed by atoms with Gasteiger partial charge in [-0.3, -0.25) is 24.8 Å². The maximum atomic E-state index is 14.5. The number of benzene rings is 2. The molecular weight excluding hydrogens is 641 g/mol. The van der Waals surface area contributed by atoms with Gasteiger partial charge in [0, 0.05) is 54.2 Å². The van der Waals surface area contributed by atoms with Crippen molar-refractivity contribution in [3.63, 3.8) is 0 Å². The SMILES string of the molecule is O=C(Nc1nccs1)[C@@H](C1=NCn2cccc21)N1Cc2c(cc(C#Cc3ccc(CN4CCC(CO)CC4)cc3)cc2C(F)(F)F)C1=O. The number of aliphatic hydroxyl groups excluding tert-OH is 1. The Kier molecular flexibility index (Phi) is 8.63. The number of aliphatic hydroxyl groups is 1. The number of hydrogen-bond acceptors (Lipinski definition) is 7. The maximum Gasteiger partial charge on any atom is 0.416 e. The van der Waals surface area contributed by atoms with Gasteiger partial charge in [-0.1, -0.05) is 24.0 Å². The van der Waals surface area contributed by atoms with Gasteiger partial charge >= 0.3 is 6.18 Å². The summed E-state index contributed by atoms with van der Waals surface area (Å²) in [4.78, 5) is 39.7. The van der Waals surface area contributed by atoms with Crippen molar-refractivity contribution in [3.8, 4) is 11.8 Å². The Morgan fingerprint density at radius 1 is 1.10 bits per heavy atom. The molecule has 0 saturated carbocycles. The van der Waals surface area contributed by atoms with Gasteiger partial charge in [0.05, 0.1) is 17.0 Å². The van der Waals surface area contributed by atoms with Gasteiger partial charge in [0.15, 0.2) is 11.2 Å². The van der Waals surface area contributed by atoms with E-state index < -0.39 is 36.1 Å². The molecule has 0 bridgehead atoms. The number of aliphatic imine (C=N–C) groups is 1. The molecule has 5 heterocycles. The molecule has 1 fully saturated rings. The number of halogens is 3. The predicted molar refractivity (Wildman–Crippen MR) is 174 cm³/mol. The third-order valence-electron chi connectivity index (χ3n) is 9.02. The number of piperidine rings is 1. The summed E-state index contributed by atoms with van der Waals surface area (Å²) in [7, 11) is 0. The number of aromatic nitrogens is 2. The predicted octanol–water partition coefficient (Wildman–Crippen LogP) is 4.99. The van der Waals surface area contributed by atoms with E-state index in [1.807, 2.05) is 24.3 Å². The van der Waals surface area contributed by atoms with Gasteiger partial charge < -0.3 is 14.6 Å². The Balaban J connectivity index is 1.15. The highest BCUT2D eigenvalue weighted by atomic mass is 32.1. The van der Waals surface area contributed by atoms with E-state index >= 15 is 0 Å². The van der Waals surface area contributed by atoms with Crippen LogP contribution in [0.25, 0.3) is 0 Å². The quantitative estimate of drug-likeness (QED) is 0.270. The summed E-state index contributed by atoms with van der Waals surface area (Å²) in [6, 6.07) is 12.2. The van der Waals surface area contributed by atoms with Gasteiger partial charge in [-0.2, -0.15) is 13.2 Å². The van der Waals surface area contributed by atoms with Gasteiger partial charge in [0.1, 0.15) is 6.67 Å². The van der Waals surface area contributed by atoms with Crippen LogP contribution in [-0.2, 0) is 30.7 Å². The molecule has 1 atom stereocenters. The van der Waals surface area contributed by atoms with Crippen molar-refractivity contribution in [3.05, 3.63) is 105 Å². The molecule has 2 amide bonds. The van der Waals surface area contributed by atoms with Crippen molar-refractivity contribution in [2.45, 2.75) is 44.8 Å². The van der Waals surface area contributed by atoms with Crippen LogP contribution >= 0.6 is 11.3 Å². The number of rotatable bonds is 7. The van der Waals surface area contributed by atoms with E-state index in [0.717, 1.165) is 49.0 Å². The lowest BCUT2D eigenvalue weighted by Crippen LogP contribution is -2.49.